The summed E-state index contributed by atoms with van der Waals surface area (Å²) >= 11 is 0. The summed E-state index contributed by atoms with van der Waals surface area (Å²) in [6.45, 7) is 7.49. The molecule has 0 aliphatic heterocycles. The van der Waals surface area contributed by atoms with Gasteiger partial charge in [-0.15, -0.1) is 0 Å². The van der Waals surface area contributed by atoms with Crippen molar-refractivity contribution in [3.63, 3.8) is 0 Å². The molecule has 0 radical (unpaired) electrons. The highest BCUT2D eigenvalue weighted by atomic mass is 16.5. The first-order valence-corrected chi connectivity index (χ1v) is 8.47. The number of benzene rings is 1. The van der Waals surface area contributed by atoms with Crippen molar-refractivity contribution in [1.82, 2.24) is 9.78 Å². The zero-order valence-corrected chi connectivity index (χ0v) is 13.9. The van der Waals surface area contributed by atoms with E-state index in [1.54, 1.807) is 0 Å². The Morgan fingerprint density at radius 3 is 2.50 bits per heavy atom. The highest BCUT2D eigenvalue weighted by Gasteiger charge is 2.19. The predicted octanol–water partition coefficient (Wildman–Crippen LogP) is 4.55. The Bertz CT molecular complexity index is 609. The van der Waals surface area contributed by atoms with Gasteiger partial charge in [0.2, 0.25) is 0 Å². The molecule has 1 fully saturated rings. The van der Waals surface area contributed by atoms with Gasteiger partial charge in [0.15, 0.2) is 0 Å². The van der Waals surface area contributed by atoms with Crippen LogP contribution in [0.15, 0.2) is 30.5 Å². The van der Waals surface area contributed by atoms with Crippen molar-refractivity contribution in [1.29, 1.82) is 0 Å². The third-order valence-electron chi connectivity index (χ3n) is 4.55. The van der Waals surface area contributed by atoms with Gasteiger partial charge < -0.3 is 4.74 Å². The molecule has 1 heterocycles. The summed E-state index contributed by atoms with van der Waals surface area (Å²) in [6, 6.07) is 8.49. The van der Waals surface area contributed by atoms with Crippen LogP contribution >= 0.6 is 0 Å². The molecule has 0 bridgehead atoms. The summed E-state index contributed by atoms with van der Waals surface area (Å²) in [6.07, 6.45) is 7.20. The van der Waals surface area contributed by atoms with E-state index in [9.17, 15) is 0 Å². The molecule has 0 N–H and O–H groups in total. The smallest absolute Gasteiger partial charge is 0.119 e. The molecule has 0 atom stereocenters. The summed E-state index contributed by atoms with van der Waals surface area (Å²) in [4.78, 5) is 0. The summed E-state index contributed by atoms with van der Waals surface area (Å²) in [5.74, 6) is 1.52. The van der Waals surface area contributed by atoms with Gasteiger partial charge in [0.05, 0.1) is 18.8 Å². The Hall–Kier alpha value is -1.77. The average Bonchev–Trinajstić information content (AvgIpc) is 2.87. The van der Waals surface area contributed by atoms with Gasteiger partial charge in [0.25, 0.3) is 0 Å². The lowest BCUT2D eigenvalue weighted by Crippen LogP contribution is -2.24. The molecule has 0 saturated heterocycles. The average molecular weight is 298 g/mol. The van der Waals surface area contributed by atoms with Gasteiger partial charge in [-0.25, -0.2) is 0 Å². The fraction of sp³-hybridized carbons (Fsp3) is 0.526. The molecule has 22 heavy (non-hydrogen) atoms. The Morgan fingerprint density at radius 2 is 1.95 bits per heavy atom. The molecule has 1 aromatic carbocycles. The largest absolute Gasteiger partial charge is 0.490 e. The second kappa shape index (κ2) is 6.55. The zero-order valence-electron chi connectivity index (χ0n) is 13.9. The van der Waals surface area contributed by atoms with E-state index < -0.39 is 0 Å². The molecule has 1 saturated carbocycles. The molecule has 0 amide bonds. The van der Waals surface area contributed by atoms with Crippen LogP contribution < -0.4 is 4.74 Å². The third kappa shape index (κ3) is 3.18. The third-order valence-corrected chi connectivity index (χ3v) is 4.55. The molecule has 3 heteroatoms. The minimum absolute atomic E-state index is 0.442. The van der Waals surface area contributed by atoms with Gasteiger partial charge >= 0.3 is 0 Å². The molecule has 0 spiro atoms. The van der Waals surface area contributed by atoms with Crippen molar-refractivity contribution in [3.05, 3.63) is 47.3 Å². The first kappa shape index (κ1) is 15.1. The van der Waals surface area contributed by atoms with E-state index >= 15 is 0 Å². The van der Waals surface area contributed by atoms with Crippen LogP contribution in [0.2, 0.25) is 0 Å². The van der Waals surface area contributed by atoms with Crippen LogP contribution in [0.3, 0.4) is 0 Å². The standard InChI is InChI=1S/C19H26N2O/c1-4-19-18(14(2)3)12-20-21(19)13-15-8-10-17(11-9-15)22-16-6-5-7-16/h8-12,14,16H,4-7,13H2,1-3H3. The van der Waals surface area contributed by atoms with Crippen LogP contribution in [0.5, 0.6) is 5.75 Å². The van der Waals surface area contributed by atoms with E-state index in [0.29, 0.717) is 12.0 Å². The fourth-order valence-corrected chi connectivity index (χ4v) is 2.96. The van der Waals surface area contributed by atoms with Crippen LogP contribution in [0.25, 0.3) is 0 Å². The van der Waals surface area contributed by atoms with Crippen molar-refractivity contribution in [2.45, 2.75) is 65.0 Å². The maximum Gasteiger partial charge on any atom is 0.119 e. The number of rotatable bonds is 6. The normalized spacial score (nSPS) is 15.1. The summed E-state index contributed by atoms with van der Waals surface area (Å²) in [5, 5.41) is 4.58. The molecule has 1 aliphatic carbocycles. The lowest BCUT2D eigenvalue weighted by molar-refractivity contribution is 0.120. The van der Waals surface area contributed by atoms with Crippen molar-refractivity contribution in [2.75, 3.05) is 0 Å². The molecule has 0 unspecified atom stereocenters. The van der Waals surface area contributed by atoms with Crippen LogP contribution in [0, 0.1) is 0 Å². The molecular weight excluding hydrogens is 272 g/mol. The van der Waals surface area contributed by atoms with Gasteiger partial charge in [-0.1, -0.05) is 32.9 Å². The van der Waals surface area contributed by atoms with Crippen molar-refractivity contribution in [3.8, 4) is 5.75 Å². The monoisotopic (exact) mass is 298 g/mol. The van der Waals surface area contributed by atoms with Crippen LogP contribution in [-0.4, -0.2) is 15.9 Å². The van der Waals surface area contributed by atoms with Crippen molar-refractivity contribution in [2.24, 2.45) is 0 Å². The van der Waals surface area contributed by atoms with Gasteiger partial charge in [0, 0.05) is 5.69 Å². The second-order valence-corrected chi connectivity index (χ2v) is 6.53. The first-order chi connectivity index (χ1) is 10.7. The van der Waals surface area contributed by atoms with E-state index in [1.807, 2.05) is 6.20 Å². The number of hydrogen-bond acceptors (Lipinski definition) is 2. The SMILES string of the molecule is CCc1c(C(C)C)cnn1Cc1ccc(OC2CCC2)cc1. The van der Waals surface area contributed by atoms with Crippen molar-refractivity contribution < 1.29 is 4.74 Å². The van der Waals surface area contributed by atoms with Gasteiger partial charge in [-0.3, -0.25) is 4.68 Å². The van der Waals surface area contributed by atoms with E-state index in [2.05, 4.69) is 54.8 Å². The van der Waals surface area contributed by atoms with E-state index in [-0.39, 0.29) is 0 Å². The molecule has 1 aromatic heterocycles. The van der Waals surface area contributed by atoms with E-state index in [1.165, 1.54) is 36.1 Å². The molecular formula is C19H26N2O. The highest BCUT2D eigenvalue weighted by Crippen LogP contribution is 2.25. The Labute approximate surface area is 133 Å². The number of nitrogens with zero attached hydrogens (tertiary/aromatic N) is 2. The zero-order chi connectivity index (χ0) is 15.5. The Kier molecular flexibility index (Phi) is 4.51. The van der Waals surface area contributed by atoms with E-state index in [4.69, 9.17) is 4.74 Å². The first-order valence-electron chi connectivity index (χ1n) is 8.47. The maximum absolute atomic E-state index is 5.91. The number of ether oxygens (including phenoxy) is 1. The summed E-state index contributed by atoms with van der Waals surface area (Å²) < 4.78 is 8.05. The Balaban J connectivity index is 1.70. The topological polar surface area (TPSA) is 27.1 Å². The van der Waals surface area contributed by atoms with Crippen LogP contribution in [0.1, 0.15) is 62.8 Å². The lowest BCUT2D eigenvalue weighted by atomic mass is 9.96. The quantitative estimate of drug-likeness (QED) is 0.782. The van der Waals surface area contributed by atoms with Gasteiger partial charge in [-0.05, 0) is 54.9 Å². The van der Waals surface area contributed by atoms with Gasteiger partial charge in [-0.2, -0.15) is 5.10 Å². The predicted molar refractivity (Wildman–Crippen MR) is 89.5 cm³/mol. The van der Waals surface area contributed by atoms with Crippen LogP contribution in [-0.2, 0) is 13.0 Å². The van der Waals surface area contributed by atoms with Crippen LogP contribution in [0.4, 0.5) is 0 Å². The second-order valence-electron chi connectivity index (χ2n) is 6.53. The number of hydrogen-bond donors (Lipinski definition) is 0. The van der Waals surface area contributed by atoms with Crippen molar-refractivity contribution >= 4 is 0 Å². The molecule has 3 nitrogen and oxygen atoms in total. The minimum Gasteiger partial charge on any atom is -0.490 e. The highest BCUT2D eigenvalue weighted by molar-refractivity contribution is 5.29. The molecule has 3 rings (SSSR count). The Morgan fingerprint density at radius 1 is 1.23 bits per heavy atom. The fourth-order valence-electron chi connectivity index (χ4n) is 2.96. The molecule has 118 valence electrons. The number of aromatic nitrogens is 2. The summed E-state index contributed by atoms with van der Waals surface area (Å²) in [5.41, 5.74) is 3.99. The van der Waals surface area contributed by atoms with E-state index in [0.717, 1.165) is 18.7 Å². The molecule has 1 aliphatic rings. The maximum atomic E-state index is 5.91. The summed E-state index contributed by atoms with van der Waals surface area (Å²) in [7, 11) is 0. The molecule has 2 aromatic rings. The lowest BCUT2D eigenvalue weighted by Gasteiger charge is -2.26. The van der Waals surface area contributed by atoms with Gasteiger partial charge in [0.1, 0.15) is 5.75 Å². The minimum atomic E-state index is 0.442.